The molecule has 0 amide bonds. The van der Waals surface area contributed by atoms with Crippen molar-refractivity contribution in [2.24, 2.45) is 7.05 Å². The molecule has 1 aromatic heterocycles. The third-order valence-corrected chi connectivity index (χ3v) is 3.15. The summed E-state index contributed by atoms with van der Waals surface area (Å²) in [5, 5.41) is 4.56. The maximum atomic E-state index is 3.19. The van der Waals surface area contributed by atoms with Gasteiger partial charge < -0.3 is 9.88 Å². The molecule has 0 saturated carbocycles. The lowest BCUT2D eigenvalue weighted by Gasteiger charge is -2.03. The lowest BCUT2D eigenvalue weighted by Crippen LogP contribution is -2.08. The fraction of sp³-hybridized carbons (Fsp3) is 0.429. The van der Waals surface area contributed by atoms with Crippen LogP contribution in [0.2, 0.25) is 0 Å². The van der Waals surface area contributed by atoms with E-state index in [1.54, 1.807) is 0 Å². The molecule has 0 fully saturated rings. The van der Waals surface area contributed by atoms with E-state index < -0.39 is 0 Å². The van der Waals surface area contributed by atoms with Crippen LogP contribution < -0.4 is 5.32 Å². The molecule has 2 aromatic rings. The summed E-state index contributed by atoms with van der Waals surface area (Å²) in [6.45, 7) is 3.26. The van der Waals surface area contributed by atoms with Crippen LogP contribution in [0.1, 0.15) is 17.5 Å². The molecule has 0 aliphatic carbocycles. The van der Waals surface area contributed by atoms with Crippen LogP contribution in [0, 0.1) is 6.92 Å². The highest BCUT2D eigenvalue weighted by atomic mass is 14.9. The summed E-state index contributed by atoms with van der Waals surface area (Å²) < 4.78 is 2.21. The predicted octanol–water partition coefficient (Wildman–Crippen LogP) is 2.64. The molecule has 2 rings (SSSR count). The Bertz CT molecular complexity index is 483. The summed E-state index contributed by atoms with van der Waals surface area (Å²) >= 11 is 0. The molecule has 1 N–H and O–H groups in total. The number of aryl methyl sites for hydroxylation is 3. The van der Waals surface area contributed by atoms with Crippen LogP contribution in [0.4, 0.5) is 0 Å². The Morgan fingerprint density at radius 3 is 2.88 bits per heavy atom. The average molecular weight is 216 g/mol. The van der Waals surface area contributed by atoms with Gasteiger partial charge in [0, 0.05) is 24.1 Å². The van der Waals surface area contributed by atoms with Gasteiger partial charge in [-0.25, -0.2) is 0 Å². The van der Waals surface area contributed by atoms with Crippen molar-refractivity contribution in [2.75, 3.05) is 13.6 Å². The van der Waals surface area contributed by atoms with Crippen molar-refractivity contribution < 1.29 is 0 Å². The molecular weight excluding hydrogens is 196 g/mol. The van der Waals surface area contributed by atoms with Gasteiger partial charge in [-0.05, 0) is 50.6 Å². The van der Waals surface area contributed by atoms with Crippen molar-refractivity contribution in [3.8, 4) is 0 Å². The molecule has 0 aliphatic rings. The monoisotopic (exact) mass is 216 g/mol. The SMILES string of the molecule is CNCCCc1ccc2c(C)cn(C)c2c1. The summed E-state index contributed by atoms with van der Waals surface area (Å²) in [6, 6.07) is 6.82. The smallest absolute Gasteiger partial charge is 0.0483 e. The van der Waals surface area contributed by atoms with E-state index in [1.165, 1.54) is 28.5 Å². The Morgan fingerprint density at radius 2 is 2.12 bits per heavy atom. The molecule has 0 radical (unpaired) electrons. The molecule has 0 saturated heterocycles. The minimum absolute atomic E-state index is 1.09. The van der Waals surface area contributed by atoms with Crippen molar-refractivity contribution in [3.05, 3.63) is 35.5 Å². The van der Waals surface area contributed by atoms with Crippen molar-refractivity contribution in [1.29, 1.82) is 0 Å². The minimum Gasteiger partial charge on any atom is -0.350 e. The van der Waals surface area contributed by atoms with E-state index in [-0.39, 0.29) is 0 Å². The maximum Gasteiger partial charge on any atom is 0.0483 e. The van der Waals surface area contributed by atoms with Gasteiger partial charge in [0.15, 0.2) is 0 Å². The van der Waals surface area contributed by atoms with Crippen LogP contribution in [0.25, 0.3) is 10.9 Å². The van der Waals surface area contributed by atoms with E-state index in [0.717, 1.165) is 13.0 Å². The summed E-state index contributed by atoms with van der Waals surface area (Å²) in [6.07, 6.45) is 4.55. The molecule has 86 valence electrons. The van der Waals surface area contributed by atoms with Gasteiger partial charge in [0.1, 0.15) is 0 Å². The highest BCUT2D eigenvalue weighted by Gasteiger charge is 2.03. The number of rotatable bonds is 4. The van der Waals surface area contributed by atoms with E-state index in [9.17, 15) is 0 Å². The molecule has 0 spiro atoms. The van der Waals surface area contributed by atoms with Gasteiger partial charge in [-0.1, -0.05) is 12.1 Å². The lowest BCUT2D eigenvalue weighted by atomic mass is 10.1. The molecule has 1 aromatic carbocycles. The molecule has 0 aliphatic heterocycles. The topological polar surface area (TPSA) is 17.0 Å². The fourth-order valence-corrected chi connectivity index (χ4v) is 2.26. The predicted molar refractivity (Wildman–Crippen MR) is 69.9 cm³/mol. The van der Waals surface area contributed by atoms with Gasteiger partial charge in [0.25, 0.3) is 0 Å². The van der Waals surface area contributed by atoms with E-state index in [2.05, 4.69) is 48.3 Å². The van der Waals surface area contributed by atoms with Crippen molar-refractivity contribution >= 4 is 10.9 Å². The second kappa shape index (κ2) is 4.71. The second-order valence-electron chi connectivity index (χ2n) is 4.48. The Hall–Kier alpha value is -1.28. The molecule has 2 heteroatoms. The zero-order valence-corrected chi connectivity index (χ0v) is 10.4. The van der Waals surface area contributed by atoms with Gasteiger partial charge in [0.05, 0.1) is 0 Å². The number of fused-ring (bicyclic) bond motifs is 1. The number of benzene rings is 1. The van der Waals surface area contributed by atoms with Crippen molar-refractivity contribution in [2.45, 2.75) is 19.8 Å². The van der Waals surface area contributed by atoms with Crippen LogP contribution in [0.15, 0.2) is 24.4 Å². The lowest BCUT2D eigenvalue weighted by molar-refractivity contribution is 0.725. The Morgan fingerprint density at radius 1 is 1.31 bits per heavy atom. The maximum absolute atomic E-state index is 3.19. The molecule has 16 heavy (non-hydrogen) atoms. The summed E-state index contributed by atoms with van der Waals surface area (Å²) in [7, 11) is 4.12. The molecule has 0 atom stereocenters. The highest BCUT2D eigenvalue weighted by molar-refractivity contribution is 5.84. The van der Waals surface area contributed by atoms with E-state index in [4.69, 9.17) is 0 Å². The number of nitrogens with one attached hydrogen (secondary N) is 1. The van der Waals surface area contributed by atoms with Crippen molar-refractivity contribution in [1.82, 2.24) is 9.88 Å². The Labute approximate surface area is 97.3 Å². The molecule has 1 heterocycles. The molecule has 0 bridgehead atoms. The van der Waals surface area contributed by atoms with Gasteiger partial charge in [0.2, 0.25) is 0 Å². The third-order valence-electron chi connectivity index (χ3n) is 3.15. The van der Waals surface area contributed by atoms with Crippen LogP contribution in [0.5, 0.6) is 0 Å². The summed E-state index contributed by atoms with van der Waals surface area (Å²) in [5.41, 5.74) is 4.14. The highest BCUT2D eigenvalue weighted by Crippen LogP contribution is 2.21. The van der Waals surface area contributed by atoms with Crippen LogP contribution in [-0.2, 0) is 13.5 Å². The van der Waals surface area contributed by atoms with E-state index in [1.807, 2.05) is 7.05 Å². The molecule has 2 nitrogen and oxygen atoms in total. The molecular formula is C14H20N2. The van der Waals surface area contributed by atoms with Crippen LogP contribution >= 0.6 is 0 Å². The third kappa shape index (κ3) is 2.12. The Balaban J connectivity index is 2.25. The zero-order valence-electron chi connectivity index (χ0n) is 10.4. The minimum atomic E-state index is 1.09. The average Bonchev–Trinajstić information content (AvgIpc) is 2.55. The standard InChI is InChI=1S/C14H20N2/c1-11-10-16(3)14-9-12(5-4-8-15-2)6-7-13(11)14/h6-7,9-10,15H,4-5,8H2,1-3H3. The Kier molecular flexibility index (Phi) is 3.30. The number of hydrogen-bond acceptors (Lipinski definition) is 1. The first-order valence-corrected chi connectivity index (χ1v) is 5.91. The summed E-state index contributed by atoms with van der Waals surface area (Å²) in [4.78, 5) is 0. The first kappa shape index (κ1) is 11.2. The largest absolute Gasteiger partial charge is 0.350 e. The summed E-state index contributed by atoms with van der Waals surface area (Å²) in [5.74, 6) is 0. The van der Waals surface area contributed by atoms with Gasteiger partial charge in [-0.2, -0.15) is 0 Å². The van der Waals surface area contributed by atoms with Gasteiger partial charge >= 0.3 is 0 Å². The zero-order chi connectivity index (χ0) is 11.5. The first-order valence-electron chi connectivity index (χ1n) is 5.91. The first-order chi connectivity index (χ1) is 7.72. The van der Waals surface area contributed by atoms with Crippen molar-refractivity contribution in [3.63, 3.8) is 0 Å². The van der Waals surface area contributed by atoms with E-state index in [0.29, 0.717) is 0 Å². The quantitative estimate of drug-likeness (QED) is 0.777. The normalized spacial score (nSPS) is 11.2. The van der Waals surface area contributed by atoms with E-state index >= 15 is 0 Å². The fourth-order valence-electron chi connectivity index (χ4n) is 2.26. The second-order valence-corrected chi connectivity index (χ2v) is 4.48. The van der Waals surface area contributed by atoms with Gasteiger partial charge in [-0.15, -0.1) is 0 Å². The van der Waals surface area contributed by atoms with Crippen LogP contribution in [0.3, 0.4) is 0 Å². The molecule has 0 unspecified atom stereocenters. The number of hydrogen-bond donors (Lipinski definition) is 1. The van der Waals surface area contributed by atoms with Gasteiger partial charge in [-0.3, -0.25) is 0 Å². The number of aromatic nitrogens is 1. The number of nitrogens with zero attached hydrogens (tertiary/aromatic N) is 1. The van der Waals surface area contributed by atoms with Crippen LogP contribution in [-0.4, -0.2) is 18.2 Å².